The molecule has 0 saturated heterocycles. The van der Waals surface area contributed by atoms with E-state index in [1.807, 2.05) is 31.8 Å². The van der Waals surface area contributed by atoms with Gasteiger partial charge in [-0.3, -0.25) is 0 Å². The number of benzene rings is 1. The molecule has 0 bridgehead atoms. The smallest absolute Gasteiger partial charge is 0.124 e. The number of hydrogen-bond acceptors (Lipinski definition) is 4. The molecule has 1 aliphatic heterocycles. The Morgan fingerprint density at radius 3 is 3.00 bits per heavy atom. The van der Waals surface area contributed by atoms with Gasteiger partial charge in [0.15, 0.2) is 0 Å². The number of rotatable bonds is 6. The zero-order valence-corrected chi connectivity index (χ0v) is 14.6. The molecule has 3 rings (SSSR count). The molecule has 0 saturated carbocycles. The highest BCUT2D eigenvalue weighted by atomic mass is 19.1. The molecular weight excluding hydrogens is 305 g/mol. The second-order valence-corrected chi connectivity index (χ2v) is 6.79. The van der Waals surface area contributed by atoms with Gasteiger partial charge in [-0.1, -0.05) is 12.1 Å². The third-order valence-electron chi connectivity index (χ3n) is 4.53. The molecule has 24 heavy (non-hydrogen) atoms. The minimum absolute atomic E-state index is 0.153. The number of fused-ring (bicyclic) bond motifs is 1. The van der Waals surface area contributed by atoms with Crippen molar-refractivity contribution in [1.82, 2.24) is 20.0 Å². The summed E-state index contributed by atoms with van der Waals surface area (Å²) in [5, 5.41) is 11.5. The van der Waals surface area contributed by atoms with E-state index in [2.05, 4.69) is 26.7 Å². The summed E-state index contributed by atoms with van der Waals surface area (Å²) in [6.07, 6.45) is 0. The van der Waals surface area contributed by atoms with Gasteiger partial charge in [-0.05, 0) is 38.7 Å². The lowest BCUT2D eigenvalue weighted by atomic mass is 10.0. The van der Waals surface area contributed by atoms with Crippen molar-refractivity contribution in [3.63, 3.8) is 0 Å². The van der Waals surface area contributed by atoms with Gasteiger partial charge in [0.25, 0.3) is 0 Å². The quantitative estimate of drug-likeness (QED) is 0.852. The van der Waals surface area contributed by atoms with Crippen molar-refractivity contribution in [2.24, 2.45) is 5.92 Å². The Morgan fingerprint density at radius 2 is 2.25 bits per heavy atom. The van der Waals surface area contributed by atoms with Crippen LogP contribution in [-0.4, -0.2) is 48.4 Å². The van der Waals surface area contributed by atoms with Crippen LogP contribution in [0, 0.1) is 18.7 Å². The van der Waals surface area contributed by atoms with Crippen LogP contribution in [0.15, 0.2) is 30.3 Å². The molecule has 0 unspecified atom stereocenters. The fourth-order valence-corrected chi connectivity index (χ4v) is 3.26. The molecule has 0 amide bonds. The summed E-state index contributed by atoms with van der Waals surface area (Å²) in [5.41, 5.74) is 2.05. The largest absolute Gasteiger partial charge is 0.370 e. The van der Waals surface area contributed by atoms with Crippen molar-refractivity contribution < 1.29 is 4.39 Å². The highest BCUT2D eigenvalue weighted by Crippen LogP contribution is 2.20. The molecule has 0 radical (unpaired) electrons. The van der Waals surface area contributed by atoms with Crippen molar-refractivity contribution in [2.75, 3.05) is 39.0 Å². The molecule has 0 spiro atoms. The average Bonchev–Trinajstić information content (AvgIpc) is 2.90. The minimum atomic E-state index is -0.183. The van der Waals surface area contributed by atoms with E-state index in [4.69, 9.17) is 0 Å². The maximum absolute atomic E-state index is 13.5. The van der Waals surface area contributed by atoms with Gasteiger partial charge < -0.3 is 15.5 Å². The van der Waals surface area contributed by atoms with Crippen LogP contribution in [0.4, 0.5) is 10.2 Å². The van der Waals surface area contributed by atoms with Crippen molar-refractivity contribution in [3.05, 3.63) is 47.4 Å². The van der Waals surface area contributed by atoms with Crippen molar-refractivity contribution in [1.29, 1.82) is 0 Å². The lowest BCUT2D eigenvalue weighted by molar-refractivity contribution is 0.279. The monoisotopic (exact) mass is 331 g/mol. The first kappa shape index (κ1) is 16.9. The van der Waals surface area contributed by atoms with E-state index in [1.54, 1.807) is 12.1 Å². The number of nitrogens with zero attached hydrogens (tertiary/aromatic N) is 3. The number of aryl methyl sites for hydroxylation is 1. The predicted molar refractivity (Wildman–Crippen MR) is 94.6 cm³/mol. The Morgan fingerprint density at radius 1 is 1.42 bits per heavy atom. The minimum Gasteiger partial charge on any atom is -0.370 e. The van der Waals surface area contributed by atoms with Gasteiger partial charge in [0.1, 0.15) is 11.6 Å². The lowest BCUT2D eigenvalue weighted by Gasteiger charge is -2.28. The number of likely N-dealkylation sites (N-methyl/N-ethyl adjacent to an activating group) is 1. The summed E-state index contributed by atoms with van der Waals surface area (Å²) in [5.74, 6) is 1.42. The fraction of sp³-hybridized carbons (Fsp3) is 0.500. The molecule has 2 atom stereocenters. The van der Waals surface area contributed by atoms with Gasteiger partial charge >= 0.3 is 0 Å². The summed E-state index contributed by atoms with van der Waals surface area (Å²) in [6.45, 7) is 5.59. The number of anilines is 1. The third-order valence-corrected chi connectivity index (χ3v) is 4.53. The van der Waals surface area contributed by atoms with Crippen molar-refractivity contribution >= 4 is 5.82 Å². The van der Waals surface area contributed by atoms with Gasteiger partial charge in [-0.25, -0.2) is 9.07 Å². The molecule has 130 valence electrons. The van der Waals surface area contributed by atoms with E-state index in [0.29, 0.717) is 5.92 Å². The first-order valence-corrected chi connectivity index (χ1v) is 8.44. The Bertz CT molecular complexity index is 682. The molecule has 2 N–H and O–H groups in total. The van der Waals surface area contributed by atoms with Gasteiger partial charge in [0.05, 0.1) is 5.69 Å². The Hall–Kier alpha value is -1.92. The lowest BCUT2D eigenvalue weighted by Crippen LogP contribution is -2.38. The summed E-state index contributed by atoms with van der Waals surface area (Å²) >= 11 is 0. The Kier molecular flexibility index (Phi) is 5.16. The maximum atomic E-state index is 13.5. The van der Waals surface area contributed by atoms with Gasteiger partial charge in [-0.15, -0.1) is 0 Å². The van der Waals surface area contributed by atoms with Crippen LogP contribution < -0.4 is 10.6 Å². The SMILES string of the molecule is Cc1cc2n(n1)C[C@@H](CNC[C@H](c1cccc(F)c1)N(C)C)CN2. The topological polar surface area (TPSA) is 45.1 Å². The first-order chi connectivity index (χ1) is 11.5. The van der Waals surface area contributed by atoms with Crippen molar-refractivity contribution in [2.45, 2.75) is 19.5 Å². The molecule has 6 heteroatoms. The first-order valence-electron chi connectivity index (χ1n) is 8.44. The predicted octanol–water partition coefficient (Wildman–Crippen LogP) is 2.26. The summed E-state index contributed by atoms with van der Waals surface area (Å²) in [4.78, 5) is 2.12. The highest BCUT2D eigenvalue weighted by molar-refractivity contribution is 5.38. The van der Waals surface area contributed by atoms with Gasteiger partial charge in [0.2, 0.25) is 0 Å². The summed E-state index contributed by atoms with van der Waals surface area (Å²) < 4.78 is 15.5. The molecule has 1 aromatic carbocycles. The Balaban J connectivity index is 1.55. The molecule has 2 aromatic rings. The van der Waals surface area contributed by atoms with E-state index in [-0.39, 0.29) is 11.9 Å². The third kappa shape index (κ3) is 3.94. The molecule has 0 aliphatic carbocycles. The van der Waals surface area contributed by atoms with Crippen LogP contribution in [-0.2, 0) is 6.54 Å². The van der Waals surface area contributed by atoms with E-state index in [1.165, 1.54) is 6.07 Å². The van der Waals surface area contributed by atoms with E-state index >= 15 is 0 Å². The zero-order chi connectivity index (χ0) is 17.1. The maximum Gasteiger partial charge on any atom is 0.124 e. The fourth-order valence-electron chi connectivity index (χ4n) is 3.26. The second-order valence-electron chi connectivity index (χ2n) is 6.79. The summed E-state index contributed by atoms with van der Waals surface area (Å²) in [7, 11) is 4.05. The molecule has 2 heterocycles. The standard InChI is InChI=1S/C18H26FN5/c1-13-7-18-21-10-14(12-24(18)22-13)9-20-11-17(23(2)3)15-5-4-6-16(19)8-15/h4-8,14,17,20-21H,9-12H2,1-3H3/t14-,17+/m0/s1. The number of aromatic nitrogens is 2. The molecular formula is C18H26FN5. The molecule has 0 fully saturated rings. The summed E-state index contributed by atoms with van der Waals surface area (Å²) in [6, 6.07) is 9.09. The average molecular weight is 331 g/mol. The van der Waals surface area contributed by atoms with Crippen LogP contribution in [0.2, 0.25) is 0 Å². The highest BCUT2D eigenvalue weighted by Gasteiger charge is 2.20. The number of nitrogens with one attached hydrogen (secondary N) is 2. The van der Waals surface area contributed by atoms with Crippen LogP contribution in [0.1, 0.15) is 17.3 Å². The van der Waals surface area contributed by atoms with Gasteiger partial charge in [-0.2, -0.15) is 5.10 Å². The van der Waals surface area contributed by atoms with Gasteiger partial charge in [0, 0.05) is 44.2 Å². The normalized spacial score (nSPS) is 18.3. The van der Waals surface area contributed by atoms with E-state index in [9.17, 15) is 4.39 Å². The molecule has 1 aromatic heterocycles. The van der Waals surface area contributed by atoms with Crippen LogP contribution in [0.5, 0.6) is 0 Å². The van der Waals surface area contributed by atoms with Crippen molar-refractivity contribution in [3.8, 4) is 0 Å². The van der Waals surface area contributed by atoms with E-state index < -0.39 is 0 Å². The number of halogens is 1. The molecule has 1 aliphatic rings. The van der Waals surface area contributed by atoms with Crippen LogP contribution >= 0.6 is 0 Å². The zero-order valence-electron chi connectivity index (χ0n) is 14.6. The Labute approximate surface area is 142 Å². The van der Waals surface area contributed by atoms with Crippen LogP contribution in [0.25, 0.3) is 0 Å². The molecule has 5 nitrogen and oxygen atoms in total. The number of hydrogen-bond donors (Lipinski definition) is 2. The second kappa shape index (κ2) is 7.32. The van der Waals surface area contributed by atoms with Crippen LogP contribution in [0.3, 0.4) is 0 Å². The van der Waals surface area contributed by atoms with E-state index in [0.717, 1.165) is 43.3 Å².